The highest BCUT2D eigenvalue weighted by atomic mass is 16.5. The number of hydrogen-bond acceptors (Lipinski definition) is 4. The van der Waals surface area contributed by atoms with Gasteiger partial charge < -0.3 is 19.9 Å². The van der Waals surface area contributed by atoms with Gasteiger partial charge in [0.25, 0.3) is 0 Å². The lowest BCUT2D eigenvalue weighted by Gasteiger charge is -2.21. The number of benzene rings is 3. The van der Waals surface area contributed by atoms with E-state index in [1.54, 1.807) is 54.6 Å². The van der Waals surface area contributed by atoms with E-state index in [1.807, 2.05) is 12.1 Å². The monoisotopic (exact) mass is 455 g/mol. The SMILES string of the molecule is O=C(c1ccc(OCCC2CCCCC2)cc1)c1c(-c2ccc(O)cc2)[nH]c2cc(O)ccc12. The predicted molar refractivity (Wildman–Crippen MR) is 134 cm³/mol. The molecule has 1 fully saturated rings. The molecule has 1 aromatic heterocycles. The van der Waals surface area contributed by atoms with Gasteiger partial charge in [-0.3, -0.25) is 4.79 Å². The van der Waals surface area contributed by atoms with Crippen LogP contribution in [-0.2, 0) is 0 Å². The summed E-state index contributed by atoms with van der Waals surface area (Å²) < 4.78 is 5.95. The van der Waals surface area contributed by atoms with Crippen molar-refractivity contribution in [1.29, 1.82) is 0 Å². The molecule has 1 saturated carbocycles. The van der Waals surface area contributed by atoms with Crippen molar-refractivity contribution >= 4 is 16.7 Å². The number of aromatic nitrogens is 1. The van der Waals surface area contributed by atoms with Crippen molar-refractivity contribution in [2.24, 2.45) is 5.92 Å². The fraction of sp³-hybridized carbons (Fsp3) is 0.276. The molecule has 0 atom stereocenters. The number of carbonyl (C=O) groups is 1. The van der Waals surface area contributed by atoms with Crippen LogP contribution < -0.4 is 4.74 Å². The number of hydrogen-bond donors (Lipinski definition) is 3. The Morgan fingerprint density at radius 1 is 0.882 bits per heavy atom. The van der Waals surface area contributed by atoms with E-state index in [9.17, 15) is 15.0 Å². The van der Waals surface area contributed by atoms with E-state index in [0.717, 1.165) is 29.0 Å². The van der Waals surface area contributed by atoms with Crippen molar-refractivity contribution in [1.82, 2.24) is 4.98 Å². The quantitative estimate of drug-likeness (QED) is 0.267. The lowest BCUT2D eigenvalue weighted by atomic mass is 9.87. The Bertz CT molecular complexity index is 1280. The summed E-state index contributed by atoms with van der Waals surface area (Å²) in [6.07, 6.45) is 7.73. The predicted octanol–water partition coefficient (Wildman–Crippen LogP) is 6.83. The summed E-state index contributed by atoms with van der Waals surface area (Å²) >= 11 is 0. The van der Waals surface area contributed by atoms with Crippen molar-refractivity contribution in [3.8, 4) is 28.5 Å². The van der Waals surface area contributed by atoms with Gasteiger partial charge in [0.2, 0.25) is 0 Å². The van der Waals surface area contributed by atoms with E-state index in [4.69, 9.17) is 4.74 Å². The van der Waals surface area contributed by atoms with Crippen LogP contribution in [0.4, 0.5) is 0 Å². The zero-order chi connectivity index (χ0) is 23.5. The van der Waals surface area contributed by atoms with Gasteiger partial charge in [0.1, 0.15) is 17.2 Å². The molecule has 3 N–H and O–H groups in total. The van der Waals surface area contributed by atoms with Crippen LogP contribution in [0.3, 0.4) is 0 Å². The number of ketones is 1. The molecule has 0 aliphatic heterocycles. The minimum atomic E-state index is -0.117. The number of phenols is 2. The van der Waals surface area contributed by atoms with Crippen molar-refractivity contribution in [2.45, 2.75) is 38.5 Å². The molecule has 5 nitrogen and oxygen atoms in total. The molecule has 5 rings (SSSR count). The molecular formula is C29H29NO4. The summed E-state index contributed by atoms with van der Waals surface area (Å²) in [7, 11) is 0. The second kappa shape index (κ2) is 9.64. The van der Waals surface area contributed by atoms with E-state index < -0.39 is 0 Å². The fourth-order valence-electron chi connectivity index (χ4n) is 4.93. The summed E-state index contributed by atoms with van der Waals surface area (Å²) in [6.45, 7) is 0.703. The molecule has 0 amide bonds. The maximum atomic E-state index is 13.6. The van der Waals surface area contributed by atoms with Gasteiger partial charge >= 0.3 is 0 Å². The maximum absolute atomic E-state index is 13.6. The van der Waals surface area contributed by atoms with Crippen molar-refractivity contribution in [3.63, 3.8) is 0 Å². The Labute approximate surface area is 199 Å². The van der Waals surface area contributed by atoms with Crippen LogP contribution in [0.1, 0.15) is 54.4 Å². The minimum absolute atomic E-state index is 0.117. The molecular weight excluding hydrogens is 426 g/mol. The summed E-state index contributed by atoms with van der Waals surface area (Å²) in [5, 5.41) is 20.3. The molecule has 1 aliphatic carbocycles. The first kappa shape index (κ1) is 22.1. The number of H-pyrrole nitrogens is 1. The van der Waals surface area contributed by atoms with E-state index in [-0.39, 0.29) is 17.3 Å². The van der Waals surface area contributed by atoms with Crippen molar-refractivity contribution in [2.75, 3.05) is 6.61 Å². The Morgan fingerprint density at radius 3 is 2.32 bits per heavy atom. The smallest absolute Gasteiger partial charge is 0.195 e. The summed E-state index contributed by atoms with van der Waals surface area (Å²) in [6, 6.07) is 19.0. The Kier molecular flexibility index (Phi) is 6.26. The molecule has 0 bridgehead atoms. The first-order valence-electron chi connectivity index (χ1n) is 12.0. The van der Waals surface area contributed by atoms with Gasteiger partial charge in [0.15, 0.2) is 5.78 Å². The molecule has 174 valence electrons. The van der Waals surface area contributed by atoms with Gasteiger partial charge in [0, 0.05) is 17.0 Å². The molecule has 1 heterocycles. The van der Waals surface area contributed by atoms with Crippen LogP contribution in [0.25, 0.3) is 22.2 Å². The highest BCUT2D eigenvalue weighted by molar-refractivity contribution is 6.20. The third-order valence-electron chi connectivity index (χ3n) is 6.80. The third kappa shape index (κ3) is 4.65. The minimum Gasteiger partial charge on any atom is -0.508 e. The number of rotatable bonds is 7. The number of phenolic OH excluding ortho intramolecular Hbond substituents is 2. The number of nitrogens with one attached hydrogen (secondary N) is 1. The second-order valence-corrected chi connectivity index (χ2v) is 9.15. The zero-order valence-electron chi connectivity index (χ0n) is 19.1. The highest BCUT2D eigenvalue weighted by Crippen LogP contribution is 2.34. The second-order valence-electron chi connectivity index (χ2n) is 9.15. The average Bonchev–Trinajstić information content (AvgIpc) is 3.23. The van der Waals surface area contributed by atoms with Crippen molar-refractivity contribution in [3.05, 3.63) is 77.9 Å². The lowest BCUT2D eigenvalue weighted by Crippen LogP contribution is -2.10. The molecule has 0 unspecified atom stereocenters. The largest absolute Gasteiger partial charge is 0.508 e. The van der Waals surface area contributed by atoms with Gasteiger partial charge in [-0.25, -0.2) is 0 Å². The van der Waals surface area contributed by atoms with Gasteiger partial charge in [-0.1, -0.05) is 32.1 Å². The van der Waals surface area contributed by atoms with E-state index in [2.05, 4.69) is 4.98 Å². The normalized spacial score (nSPS) is 14.4. The zero-order valence-corrected chi connectivity index (χ0v) is 19.1. The van der Waals surface area contributed by atoms with E-state index >= 15 is 0 Å². The molecule has 0 radical (unpaired) electrons. The molecule has 0 spiro atoms. The molecule has 1 aliphatic rings. The summed E-state index contributed by atoms with van der Waals surface area (Å²) in [5.74, 6) is 1.71. The Morgan fingerprint density at radius 2 is 1.59 bits per heavy atom. The van der Waals surface area contributed by atoms with Crippen LogP contribution in [0.2, 0.25) is 0 Å². The van der Waals surface area contributed by atoms with E-state index in [0.29, 0.717) is 28.9 Å². The van der Waals surface area contributed by atoms with Crippen LogP contribution >= 0.6 is 0 Å². The first-order chi connectivity index (χ1) is 16.6. The maximum Gasteiger partial charge on any atom is 0.195 e. The number of fused-ring (bicyclic) bond motifs is 1. The van der Waals surface area contributed by atoms with Crippen LogP contribution in [0.5, 0.6) is 17.2 Å². The van der Waals surface area contributed by atoms with Gasteiger partial charge in [-0.2, -0.15) is 0 Å². The van der Waals surface area contributed by atoms with Gasteiger partial charge in [-0.15, -0.1) is 0 Å². The number of aromatic amines is 1. The highest BCUT2D eigenvalue weighted by Gasteiger charge is 2.21. The fourth-order valence-corrected chi connectivity index (χ4v) is 4.93. The van der Waals surface area contributed by atoms with E-state index in [1.165, 1.54) is 32.1 Å². The van der Waals surface area contributed by atoms with Crippen LogP contribution in [-0.4, -0.2) is 27.6 Å². The lowest BCUT2D eigenvalue weighted by molar-refractivity contribution is 0.104. The van der Waals surface area contributed by atoms with Crippen molar-refractivity contribution < 1.29 is 19.7 Å². The Hall–Kier alpha value is -3.73. The molecule has 5 heteroatoms. The van der Waals surface area contributed by atoms with Gasteiger partial charge in [-0.05, 0) is 78.6 Å². The molecule has 4 aromatic rings. The summed E-state index contributed by atoms with van der Waals surface area (Å²) in [4.78, 5) is 16.9. The first-order valence-corrected chi connectivity index (χ1v) is 12.0. The topological polar surface area (TPSA) is 82.5 Å². The summed E-state index contributed by atoms with van der Waals surface area (Å²) in [5.41, 5.74) is 3.20. The molecule has 0 saturated heterocycles. The molecule has 34 heavy (non-hydrogen) atoms. The number of ether oxygens (including phenoxy) is 1. The number of aromatic hydroxyl groups is 2. The van der Waals surface area contributed by atoms with Crippen LogP contribution in [0.15, 0.2) is 66.7 Å². The Balaban J connectivity index is 1.39. The molecule has 3 aromatic carbocycles. The van der Waals surface area contributed by atoms with Gasteiger partial charge in [0.05, 0.1) is 23.4 Å². The van der Waals surface area contributed by atoms with Crippen LogP contribution in [0, 0.1) is 5.92 Å². The average molecular weight is 456 g/mol. The standard InChI is InChI=1S/C29H29NO4/c31-22-10-6-20(7-11-22)28-27(25-15-12-23(32)18-26(25)30-28)29(33)21-8-13-24(14-9-21)34-17-16-19-4-2-1-3-5-19/h6-15,18-19,30-32H,1-5,16-17H2. The number of carbonyl (C=O) groups excluding carboxylic acids is 1. The third-order valence-corrected chi connectivity index (χ3v) is 6.80.